The van der Waals surface area contributed by atoms with Gasteiger partial charge in [-0.15, -0.1) is 0 Å². The maximum atomic E-state index is 11.6. The molecule has 0 aliphatic carbocycles. The van der Waals surface area contributed by atoms with Gasteiger partial charge in [0.15, 0.2) is 11.5 Å². The van der Waals surface area contributed by atoms with Crippen LogP contribution in [0.3, 0.4) is 0 Å². The number of nitrogens with zero attached hydrogens (tertiary/aromatic N) is 4. The lowest BCUT2D eigenvalue weighted by Gasteiger charge is -2.12. The van der Waals surface area contributed by atoms with Crippen LogP contribution in [0.25, 0.3) is 11.2 Å². The molecule has 0 bridgehead atoms. The van der Waals surface area contributed by atoms with Crippen molar-refractivity contribution in [3.8, 4) is 0 Å². The van der Waals surface area contributed by atoms with Crippen LogP contribution in [0.1, 0.15) is 0 Å². The minimum absolute atomic E-state index is 0.0444. The van der Waals surface area contributed by atoms with E-state index in [9.17, 15) is 8.42 Å². The monoisotopic (exact) mass is 304 g/mol. The van der Waals surface area contributed by atoms with Gasteiger partial charge in [-0.1, -0.05) is 0 Å². The normalized spacial score (nSPS) is 12.2. The summed E-state index contributed by atoms with van der Waals surface area (Å²) in [7, 11) is -0.270. The average Bonchev–Trinajstić information content (AvgIpc) is 2.76. The number of fused-ring (bicyclic) bond motifs is 1. The fraction of sp³-hybridized carbons (Fsp3) is 0.444. The molecule has 0 radical (unpaired) electrons. The van der Waals surface area contributed by atoms with Crippen molar-refractivity contribution < 1.29 is 8.42 Å². The lowest BCUT2D eigenvalue weighted by Crippen LogP contribution is -2.28. The van der Waals surface area contributed by atoms with Crippen molar-refractivity contribution in [3.63, 3.8) is 0 Å². The summed E-state index contributed by atoms with van der Waals surface area (Å²) in [5.74, 6) is 0.388. The smallest absolute Gasteiger partial charge is 0.226 e. The Labute approximate surface area is 115 Å². The van der Waals surface area contributed by atoms with Crippen LogP contribution in [0.4, 0.5) is 5.82 Å². The van der Waals surface area contributed by atoms with Gasteiger partial charge in [0.2, 0.25) is 15.3 Å². The van der Waals surface area contributed by atoms with Crippen LogP contribution in [0.5, 0.6) is 0 Å². The molecule has 19 heavy (non-hydrogen) atoms. The van der Waals surface area contributed by atoms with Crippen molar-refractivity contribution in [1.29, 1.82) is 0 Å². The number of aromatic nitrogens is 4. The number of aromatic amines is 1. The summed E-state index contributed by atoms with van der Waals surface area (Å²) in [6, 6.07) is 0. The highest BCUT2D eigenvalue weighted by atomic mass is 35.5. The summed E-state index contributed by atoms with van der Waals surface area (Å²) in [4.78, 5) is 14.8. The van der Waals surface area contributed by atoms with Crippen LogP contribution in [0.15, 0.2) is 6.33 Å². The van der Waals surface area contributed by atoms with Crippen LogP contribution >= 0.6 is 11.6 Å². The fourth-order valence-corrected chi connectivity index (χ4v) is 2.31. The molecule has 2 aromatic rings. The topological polar surface area (TPSA) is 104 Å². The van der Waals surface area contributed by atoms with Crippen molar-refractivity contribution in [2.45, 2.75) is 0 Å². The zero-order valence-corrected chi connectivity index (χ0v) is 12.0. The van der Waals surface area contributed by atoms with Crippen molar-refractivity contribution in [1.82, 2.24) is 24.2 Å². The minimum atomic E-state index is -3.25. The summed E-state index contributed by atoms with van der Waals surface area (Å²) in [5, 5.41) is 2.97. The number of rotatable bonds is 5. The molecule has 0 atom stereocenters. The van der Waals surface area contributed by atoms with E-state index in [2.05, 4.69) is 25.3 Å². The molecule has 0 saturated carbocycles. The van der Waals surface area contributed by atoms with Crippen molar-refractivity contribution in [2.75, 3.05) is 31.7 Å². The summed E-state index contributed by atoms with van der Waals surface area (Å²) in [6.45, 7) is 0.210. The van der Waals surface area contributed by atoms with Crippen molar-refractivity contribution >= 4 is 38.6 Å². The van der Waals surface area contributed by atoms with Gasteiger partial charge in [0.05, 0.1) is 12.1 Å². The van der Waals surface area contributed by atoms with E-state index in [1.165, 1.54) is 24.7 Å². The largest absolute Gasteiger partial charge is 0.367 e. The fourth-order valence-electron chi connectivity index (χ4n) is 1.42. The highest BCUT2D eigenvalue weighted by molar-refractivity contribution is 7.89. The Hall–Kier alpha value is -1.45. The van der Waals surface area contributed by atoms with Gasteiger partial charge in [-0.2, -0.15) is 9.97 Å². The number of hydrogen-bond donors (Lipinski definition) is 2. The third-order valence-corrected chi connectivity index (χ3v) is 4.47. The number of halogens is 1. The maximum Gasteiger partial charge on any atom is 0.226 e. The van der Waals surface area contributed by atoms with E-state index >= 15 is 0 Å². The van der Waals surface area contributed by atoms with Crippen molar-refractivity contribution in [2.24, 2.45) is 0 Å². The van der Waals surface area contributed by atoms with Crippen LogP contribution in [-0.4, -0.2) is 59.1 Å². The molecule has 2 N–H and O–H groups in total. The lowest BCUT2D eigenvalue weighted by atomic mass is 10.5. The second-order valence-electron chi connectivity index (χ2n) is 3.97. The summed E-state index contributed by atoms with van der Waals surface area (Å²) >= 11 is 5.76. The van der Waals surface area contributed by atoms with Gasteiger partial charge in [0.25, 0.3) is 0 Å². The first-order valence-corrected chi connectivity index (χ1v) is 7.39. The molecule has 0 fully saturated rings. The third kappa shape index (κ3) is 3.11. The highest BCUT2D eigenvalue weighted by Crippen LogP contribution is 2.18. The van der Waals surface area contributed by atoms with E-state index in [0.717, 1.165) is 0 Å². The number of nitrogens with one attached hydrogen (secondary N) is 2. The molecule has 0 saturated heterocycles. The van der Waals surface area contributed by atoms with E-state index < -0.39 is 10.0 Å². The zero-order valence-electron chi connectivity index (χ0n) is 10.4. The third-order valence-electron chi connectivity index (χ3n) is 2.47. The van der Waals surface area contributed by atoms with Crippen molar-refractivity contribution in [3.05, 3.63) is 11.6 Å². The van der Waals surface area contributed by atoms with Gasteiger partial charge in [0.1, 0.15) is 5.52 Å². The number of imidazole rings is 1. The lowest BCUT2D eigenvalue weighted by molar-refractivity contribution is 0.521. The van der Waals surface area contributed by atoms with E-state index in [1.807, 2.05) is 0 Å². The first-order valence-electron chi connectivity index (χ1n) is 5.41. The summed E-state index contributed by atoms with van der Waals surface area (Å²) in [5.41, 5.74) is 1.02. The second kappa shape index (κ2) is 5.27. The SMILES string of the molecule is CN(C)S(=O)(=O)CCNc1nc(Cl)nc2nc[nH]c12. The van der Waals surface area contributed by atoms with Gasteiger partial charge in [-0.05, 0) is 11.6 Å². The Kier molecular flexibility index (Phi) is 3.88. The summed E-state index contributed by atoms with van der Waals surface area (Å²) < 4.78 is 24.4. The van der Waals surface area contributed by atoms with Gasteiger partial charge in [0, 0.05) is 20.6 Å². The molecular formula is C9H13ClN6O2S. The van der Waals surface area contributed by atoms with Gasteiger partial charge in [-0.3, -0.25) is 0 Å². The Bertz CT molecular complexity index is 683. The van der Waals surface area contributed by atoms with E-state index in [4.69, 9.17) is 11.6 Å². The molecule has 2 aromatic heterocycles. The molecule has 0 aliphatic heterocycles. The molecule has 10 heteroatoms. The molecule has 2 rings (SSSR count). The molecule has 104 valence electrons. The Morgan fingerprint density at radius 3 is 2.84 bits per heavy atom. The highest BCUT2D eigenvalue weighted by Gasteiger charge is 2.14. The first kappa shape index (κ1) is 14.0. The molecule has 0 spiro atoms. The molecule has 0 unspecified atom stereocenters. The van der Waals surface area contributed by atoms with Gasteiger partial charge in [-0.25, -0.2) is 17.7 Å². The molecule has 0 amide bonds. The average molecular weight is 305 g/mol. The minimum Gasteiger partial charge on any atom is -0.367 e. The Morgan fingerprint density at radius 2 is 2.16 bits per heavy atom. The number of anilines is 1. The van der Waals surface area contributed by atoms with Crippen LogP contribution in [0, 0.1) is 0 Å². The predicted molar refractivity (Wildman–Crippen MR) is 72.7 cm³/mol. The number of H-pyrrole nitrogens is 1. The summed E-state index contributed by atoms with van der Waals surface area (Å²) in [6.07, 6.45) is 1.47. The van der Waals surface area contributed by atoms with Crippen LogP contribution in [0.2, 0.25) is 5.28 Å². The quantitative estimate of drug-likeness (QED) is 0.770. The molecular weight excluding hydrogens is 292 g/mol. The Balaban J connectivity index is 2.12. The van der Waals surface area contributed by atoms with E-state index in [0.29, 0.717) is 17.0 Å². The predicted octanol–water partition coefficient (Wildman–Crippen LogP) is 0.310. The standard InChI is InChI=1S/C9H13ClN6O2S/c1-16(2)19(17,18)4-3-11-7-6-8(13-5-12-6)15-9(10)14-7/h5H,3-4H2,1-2H3,(H2,11,12,13,14,15). The molecule has 8 nitrogen and oxygen atoms in total. The maximum absolute atomic E-state index is 11.6. The number of sulfonamides is 1. The molecule has 2 heterocycles. The number of hydrogen-bond acceptors (Lipinski definition) is 6. The second-order valence-corrected chi connectivity index (χ2v) is 6.61. The molecule has 0 aromatic carbocycles. The van der Waals surface area contributed by atoms with Crippen LogP contribution in [-0.2, 0) is 10.0 Å². The first-order chi connectivity index (χ1) is 8.90. The molecule has 0 aliphatic rings. The zero-order chi connectivity index (χ0) is 14.0. The van der Waals surface area contributed by atoms with Gasteiger partial charge >= 0.3 is 0 Å². The van der Waals surface area contributed by atoms with Gasteiger partial charge < -0.3 is 10.3 Å². The van der Waals surface area contributed by atoms with E-state index in [-0.39, 0.29) is 17.6 Å². The van der Waals surface area contributed by atoms with E-state index in [1.54, 1.807) is 0 Å². The Morgan fingerprint density at radius 1 is 1.42 bits per heavy atom. The van der Waals surface area contributed by atoms with Crippen LogP contribution < -0.4 is 5.32 Å².